The van der Waals surface area contributed by atoms with Crippen molar-refractivity contribution in [3.63, 3.8) is 0 Å². The van der Waals surface area contributed by atoms with Crippen LogP contribution in [0.25, 0.3) is 0 Å². The smallest absolute Gasteiger partial charge is 0.128 e. The third kappa shape index (κ3) is 9.68. The molecule has 0 unspecified atom stereocenters. The van der Waals surface area contributed by atoms with Crippen molar-refractivity contribution >= 4 is 17.5 Å². The number of rotatable bonds is 15. The fraction of sp³-hybridized carbons (Fsp3) is 0.625. The first-order valence-electron chi connectivity index (χ1n) is 17.9. The van der Waals surface area contributed by atoms with Crippen LogP contribution in [0.15, 0.2) is 42.6 Å². The van der Waals surface area contributed by atoms with Crippen LogP contribution in [-0.4, -0.2) is 66.7 Å². The van der Waals surface area contributed by atoms with Crippen molar-refractivity contribution in [1.82, 2.24) is 19.9 Å². The van der Waals surface area contributed by atoms with E-state index in [0.29, 0.717) is 6.04 Å². The predicted molar refractivity (Wildman–Crippen MR) is 199 cm³/mol. The fourth-order valence-corrected chi connectivity index (χ4v) is 6.29. The number of nitrogens with one attached hydrogen (secondary N) is 2. The normalized spacial score (nSPS) is 15.9. The van der Waals surface area contributed by atoms with E-state index < -0.39 is 0 Å². The molecule has 0 radical (unpaired) electrons. The van der Waals surface area contributed by atoms with Crippen molar-refractivity contribution < 1.29 is 0 Å². The lowest BCUT2D eigenvalue weighted by atomic mass is 9.77. The third-order valence-electron chi connectivity index (χ3n) is 10.2. The van der Waals surface area contributed by atoms with Crippen molar-refractivity contribution in [2.45, 2.75) is 116 Å². The van der Waals surface area contributed by atoms with Crippen LogP contribution in [0.5, 0.6) is 0 Å². The molecular weight excluding hydrogens is 578 g/mol. The molecule has 2 fully saturated rings. The molecule has 2 saturated carbocycles. The first kappa shape index (κ1) is 35.1. The Hall–Kier alpha value is -3.19. The summed E-state index contributed by atoms with van der Waals surface area (Å²) < 4.78 is 0. The maximum Gasteiger partial charge on any atom is 0.128 e. The van der Waals surface area contributed by atoms with E-state index in [1.165, 1.54) is 48.8 Å². The summed E-state index contributed by atoms with van der Waals surface area (Å²) in [5.74, 6) is 3.82. The van der Waals surface area contributed by atoms with Crippen LogP contribution in [0.2, 0.25) is 0 Å². The van der Waals surface area contributed by atoms with Crippen LogP contribution in [0.1, 0.15) is 109 Å². The predicted octanol–water partition coefficient (Wildman–Crippen LogP) is 7.99. The molecule has 2 aliphatic carbocycles. The monoisotopic (exact) mass is 639 g/mol. The Morgan fingerprint density at radius 2 is 1.36 bits per heavy atom. The second kappa shape index (κ2) is 14.1. The second-order valence-electron chi connectivity index (χ2n) is 17.1. The SMILES string of the molecule is CN(C)CCN(C)c1cc(C(C)(C)C)cc(CC(C)(C)c2cc(CC(C)(C)c3ccnc(NC4CCC4)c3)nc(NCC3CC3)c2)n1. The van der Waals surface area contributed by atoms with Crippen molar-refractivity contribution in [3.05, 3.63) is 70.7 Å². The molecule has 0 atom stereocenters. The van der Waals surface area contributed by atoms with Gasteiger partial charge < -0.3 is 20.4 Å². The molecule has 0 saturated heterocycles. The zero-order valence-corrected chi connectivity index (χ0v) is 31.0. The molecular formula is C40H61N7. The van der Waals surface area contributed by atoms with Gasteiger partial charge in [-0.15, -0.1) is 0 Å². The number of pyridine rings is 3. The molecule has 0 aromatic carbocycles. The van der Waals surface area contributed by atoms with Gasteiger partial charge in [0.05, 0.1) is 0 Å². The van der Waals surface area contributed by atoms with Crippen LogP contribution in [0, 0.1) is 5.92 Å². The van der Waals surface area contributed by atoms with Crippen molar-refractivity contribution in [3.8, 4) is 0 Å². The highest BCUT2D eigenvalue weighted by Crippen LogP contribution is 2.36. The number of nitrogens with zero attached hydrogens (tertiary/aromatic N) is 5. The lowest BCUT2D eigenvalue weighted by Gasteiger charge is -2.31. The minimum atomic E-state index is -0.142. The number of aromatic nitrogens is 3. The second-order valence-corrected chi connectivity index (χ2v) is 17.1. The Kier molecular flexibility index (Phi) is 10.5. The van der Waals surface area contributed by atoms with Crippen LogP contribution >= 0.6 is 0 Å². The molecule has 3 aromatic heterocycles. The van der Waals surface area contributed by atoms with E-state index in [2.05, 4.69) is 131 Å². The van der Waals surface area contributed by atoms with Gasteiger partial charge in [-0.25, -0.2) is 15.0 Å². The fourth-order valence-electron chi connectivity index (χ4n) is 6.29. The largest absolute Gasteiger partial charge is 0.370 e. The van der Waals surface area contributed by atoms with Crippen LogP contribution in [-0.2, 0) is 29.1 Å². The number of anilines is 3. The molecule has 0 amide bonds. The minimum absolute atomic E-state index is 0.0362. The van der Waals surface area contributed by atoms with Gasteiger partial charge in [-0.05, 0) is 134 Å². The van der Waals surface area contributed by atoms with Gasteiger partial charge in [-0.1, -0.05) is 48.5 Å². The maximum absolute atomic E-state index is 5.25. The topological polar surface area (TPSA) is 69.2 Å². The third-order valence-corrected chi connectivity index (χ3v) is 10.2. The lowest BCUT2D eigenvalue weighted by Crippen LogP contribution is -2.30. The van der Waals surface area contributed by atoms with Gasteiger partial charge in [0, 0.05) is 50.3 Å². The first-order chi connectivity index (χ1) is 22.1. The summed E-state index contributed by atoms with van der Waals surface area (Å²) in [6.07, 6.45) is 10.1. The van der Waals surface area contributed by atoms with E-state index in [9.17, 15) is 0 Å². The molecule has 7 nitrogen and oxygen atoms in total. The zero-order valence-electron chi connectivity index (χ0n) is 31.0. The Balaban J connectivity index is 1.43. The summed E-state index contributed by atoms with van der Waals surface area (Å²) in [5, 5.41) is 7.35. The molecule has 5 rings (SSSR count). The molecule has 2 aliphatic rings. The molecule has 0 bridgehead atoms. The Labute approximate surface area is 285 Å². The zero-order chi connectivity index (χ0) is 34.0. The van der Waals surface area contributed by atoms with Crippen LogP contribution < -0.4 is 15.5 Å². The molecule has 3 heterocycles. The van der Waals surface area contributed by atoms with Crippen molar-refractivity contribution in [2.24, 2.45) is 5.92 Å². The number of hydrogen-bond donors (Lipinski definition) is 2. The molecule has 256 valence electrons. The highest BCUT2D eigenvalue weighted by atomic mass is 15.2. The van der Waals surface area contributed by atoms with E-state index in [-0.39, 0.29) is 16.2 Å². The Morgan fingerprint density at radius 1 is 0.723 bits per heavy atom. The van der Waals surface area contributed by atoms with E-state index in [1.54, 1.807) is 0 Å². The molecule has 3 aromatic rings. The summed E-state index contributed by atoms with van der Waals surface area (Å²) in [7, 11) is 6.41. The van der Waals surface area contributed by atoms with Gasteiger partial charge in [0.2, 0.25) is 0 Å². The van der Waals surface area contributed by atoms with Gasteiger partial charge in [0.15, 0.2) is 0 Å². The Bertz CT molecular complexity index is 1490. The summed E-state index contributed by atoms with van der Waals surface area (Å²) in [6.45, 7) is 19.2. The highest BCUT2D eigenvalue weighted by Gasteiger charge is 2.29. The first-order valence-corrected chi connectivity index (χ1v) is 17.9. The average molecular weight is 640 g/mol. The molecule has 0 spiro atoms. The lowest BCUT2D eigenvalue weighted by molar-refractivity contribution is 0.416. The summed E-state index contributed by atoms with van der Waals surface area (Å²) in [6, 6.07) is 14.3. The summed E-state index contributed by atoms with van der Waals surface area (Å²) in [4.78, 5) is 19.6. The molecule has 0 aliphatic heterocycles. The van der Waals surface area contributed by atoms with E-state index in [4.69, 9.17) is 9.97 Å². The van der Waals surface area contributed by atoms with E-state index in [0.717, 1.165) is 67.2 Å². The minimum Gasteiger partial charge on any atom is -0.370 e. The molecule has 47 heavy (non-hydrogen) atoms. The molecule has 2 N–H and O–H groups in total. The quantitative estimate of drug-likeness (QED) is 0.175. The van der Waals surface area contributed by atoms with Crippen molar-refractivity contribution in [1.29, 1.82) is 0 Å². The Morgan fingerprint density at radius 3 is 1.98 bits per heavy atom. The standard InChI is InChI=1S/C40H61N7/c1-38(2,3)30-20-34(45-37(24-30)47(10)19-18-46(8)9)26-40(6,7)31-21-33(44-36(23-31)42-27-28-14-15-28)25-39(4,5)29-16-17-41-35(22-29)43-32-12-11-13-32/h16-17,20-24,28,32H,11-15,18-19,25-27H2,1-10H3,(H,41,43)(H,42,44). The van der Waals surface area contributed by atoms with Crippen LogP contribution in [0.3, 0.4) is 0 Å². The molecule has 7 heteroatoms. The van der Waals surface area contributed by atoms with Gasteiger partial charge >= 0.3 is 0 Å². The summed E-state index contributed by atoms with van der Waals surface area (Å²) >= 11 is 0. The van der Waals surface area contributed by atoms with Crippen molar-refractivity contribution in [2.75, 3.05) is 56.3 Å². The van der Waals surface area contributed by atoms with Crippen LogP contribution in [0.4, 0.5) is 17.5 Å². The van der Waals surface area contributed by atoms with E-state index >= 15 is 0 Å². The summed E-state index contributed by atoms with van der Waals surface area (Å²) in [5.41, 5.74) is 6.00. The van der Waals surface area contributed by atoms with Gasteiger partial charge in [0.1, 0.15) is 17.5 Å². The number of hydrogen-bond acceptors (Lipinski definition) is 7. The van der Waals surface area contributed by atoms with E-state index in [1.807, 2.05) is 6.20 Å². The number of likely N-dealkylation sites (N-methyl/N-ethyl adjacent to an activating group) is 2. The maximum atomic E-state index is 5.25. The average Bonchev–Trinajstić information content (AvgIpc) is 3.80. The van der Waals surface area contributed by atoms with Gasteiger partial charge in [-0.2, -0.15) is 0 Å². The van der Waals surface area contributed by atoms with Gasteiger partial charge in [0.25, 0.3) is 0 Å². The van der Waals surface area contributed by atoms with Gasteiger partial charge in [-0.3, -0.25) is 0 Å². The highest BCUT2D eigenvalue weighted by molar-refractivity contribution is 5.47.